The number of benzene rings is 2. The molecule has 0 unspecified atom stereocenters. The topological polar surface area (TPSA) is 92.1 Å². The predicted octanol–water partition coefficient (Wildman–Crippen LogP) is 3.11. The van der Waals surface area contributed by atoms with Crippen molar-refractivity contribution >= 4 is 18.0 Å². The Bertz CT molecular complexity index is 953. The number of ether oxygens (including phenoxy) is 1. The average molecular weight is 375 g/mol. The molecule has 0 saturated heterocycles. The zero-order valence-electron chi connectivity index (χ0n) is 15.0. The predicted molar refractivity (Wildman–Crippen MR) is 103 cm³/mol. The highest BCUT2D eigenvalue weighted by atomic mass is 16.5. The summed E-state index contributed by atoms with van der Waals surface area (Å²) in [5.74, 6) is -0.919. The third-order valence-corrected chi connectivity index (χ3v) is 3.86. The van der Waals surface area contributed by atoms with Crippen molar-refractivity contribution in [2.45, 2.75) is 0 Å². The van der Waals surface area contributed by atoms with Crippen LogP contribution in [-0.2, 0) is 0 Å². The highest BCUT2D eigenvalue weighted by Crippen LogP contribution is 2.25. The van der Waals surface area contributed by atoms with Gasteiger partial charge in [-0.15, -0.1) is 0 Å². The number of imide groups is 1. The molecule has 0 bridgehead atoms. The first-order chi connectivity index (χ1) is 13.6. The van der Waals surface area contributed by atoms with Crippen LogP contribution in [0.3, 0.4) is 0 Å². The number of aromatic hydroxyl groups is 1. The molecule has 0 aliphatic heterocycles. The second-order valence-corrected chi connectivity index (χ2v) is 5.70. The van der Waals surface area contributed by atoms with Crippen LogP contribution < -0.4 is 4.74 Å². The molecular weight excluding hydrogens is 358 g/mol. The minimum absolute atomic E-state index is 0.0234. The number of pyridine rings is 1. The van der Waals surface area contributed by atoms with Crippen LogP contribution >= 0.6 is 0 Å². The number of phenols is 1. The fourth-order valence-corrected chi connectivity index (χ4v) is 2.42. The molecule has 0 saturated carbocycles. The van der Waals surface area contributed by atoms with Crippen LogP contribution in [0.1, 0.15) is 26.3 Å². The number of carbonyl (C=O) groups is 2. The first-order valence-electron chi connectivity index (χ1n) is 8.35. The Kier molecular flexibility index (Phi) is 5.76. The minimum Gasteiger partial charge on any atom is -0.504 e. The van der Waals surface area contributed by atoms with Gasteiger partial charge in [0, 0.05) is 23.5 Å². The van der Waals surface area contributed by atoms with Gasteiger partial charge in [0.25, 0.3) is 11.8 Å². The number of hydrogen-bond acceptors (Lipinski definition) is 6. The van der Waals surface area contributed by atoms with Gasteiger partial charge in [0.2, 0.25) is 0 Å². The van der Waals surface area contributed by atoms with E-state index in [-0.39, 0.29) is 17.1 Å². The van der Waals surface area contributed by atoms with Gasteiger partial charge < -0.3 is 9.84 Å². The van der Waals surface area contributed by atoms with Gasteiger partial charge in [-0.25, -0.2) is 0 Å². The molecule has 7 heteroatoms. The fourth-order valence-electron chi connectivity index (χ4n) is 2.42. The molecule has 0 aliphatic carbocycles. The van der Waals surface area contributed by atoms with Crippen molar-refractivity contribution in [3.63, 3.8) is 0 Å². The minimum atomic E-state index is -0.585. The molecule has 1 N–H and O–H groups in total. The van der Waals surface area contributed by atoms with E-state index in [1.165, 1.54) is 43.9 Å². The molecule has 0 fully saturated rings. The molecule has 0 atom stereocenters. The number of amides is 2. The molecule has 140 valence electrons. The number of aromatic nitrogens is 1. The summed E-state index contributed by atoms with van der Waals surface area (Å²) in [6.07, 6.45) is 4.28. The van der Waals surface area contributed by atoms with Crippen LogP contribution in [0.2, 0.25) is 0 Å². The van der Waals surface area contributed by atoms with Gasteiger partial charge in [0.1, 0.15) is 0 Å². The van der Waals surface area contributed by atoms with Crippen molar-refractivity contribution in [3.05, 3.63) is 89.7 Å². The first-order valence-corrected chi connectivity index (χ1v) is 8.35. The van der Waals surface area contributed by atoms with E-state index in [0.29, 0.717) is 11.1 Å². The van der Waals surface area contributed by atoms with E-state index in [0.717, 1.165) is 5.01 Å². The average Bonchev–Trinajstić information content (AvgIpc) is 2.75. The highest BCUT2D eigenvalue weighted by molar-refractivity contribution is 6.10. The fraction of sp³-hybridized carbons (Fsp3) is 0.0476. The maximum absolute atomic E-state index is 12.9. The molecule has 0 radical (unpaired) electrons. The van der Waals surface area contributed by atoms with E-state index < -0.39 is 11.8 Å². The van der Waals surface area contributed by atoms with Crippen LogP contribution in [-0.4, -0.2) is 40.2 Å². The Labute approximate surface area is 161 Å². The Morgan fingerprint density at radius 2 is 1.64 bits per heavy atom. The molecule has 0 aliphatic rings. The zero-order chi connectivity index (χ0) is 19.9. The molecule has 28 heavy (non-hydrogen) atoms. The number of phenolic OH excluding ortho intramolecular Hbond substituents is 1. The van der Waals surface area contributed by atoms with Gasteiger partial charge in [0.05, 0.1) is 13.3 Å². The van der Waals surface area contributed by atoms with E-state index in [4.69, 9.17) is 4.74 Å². The van der Waals surface area contributed by atoms with Gasteiger partial charge in [0.15, 0.2) is 11.5 Å². The molecular formula is C21H17N3O4. The van der Waals surface area contributed by atoms with Gasteiger partial charge >= 0.3 is 0 Å². The molecule has 3 aromatic rings. The number of carbonyl (C=O) groups excluding carboxylic acids is 2. The number of rotatable bonds is 5. The summed E-state index contributed by atoms with van der Waals surface area (Å²) in [5.41, 5.74) is 1.15. The molecule has 7 nitrogen and oxygen atoms in total. The molecule has 1 heterocycles. The van der Waals surface area contributed by atoms with E-state index in [1.54, 1.807) is 42.5 Å². The highest BCUT2D eigenvalue weighted by Gasteiger charge is 2.23. The molecule has 0 spiro atoms. The number of methoxy groups -OCH3 is 1. The van der Waals surface area contributed by atoms with Crippen molar-refractivity contribution in [2.24, 2.45) is 5.10 Å². The Morgan fingerprint density at radius 3 is 2.29 bits per heavy atom. The molecule has 1 aromatic heterocycles. The molecule has 2 amide bonds. The lowest BCUT2D eigenvalue weighted by Gasteiger charge is -2.15. The Morgan fingerprint density at radius 1 is 1.00 bits per heavy atom. The lowest BCUT2D eigenvalue weighted by atomic mass is 10.2. The van der Waals surface area contributed by atoms with Gasteiger partial charge in [-0.05, 0) is 48.0 Å². The molecule has 2 aromatic carbocycles. The third-order valence-electron chi connectivity index (χ3n) is 3.86. The zero-order valence-corrected chi connectivity index (χ0v) is 15.0. The maximum Gasteiger partial charge on any atom is 0.281 e. The summed E-state index contributed by atoms with van der Waals surface area (Å²) in [4.78, 5) is 29.6. The summed E-state index contributed by atoms with van der Waals surface area (Å²) in [7, 11) is 1.42. The maximum atomic E-state index is 12.9. The number of nitrogens with zero attached hydrogens (tertiary/aromatic N) is 3. The van der Waals surface area contributed by atoms with Crippen LogP contribution in [0.5, 0.6) is 11.5 Å². The summed E-state index contributed by atoms with van der Waals surface area (Å²) in [6, 6.07) is 16.0. The van der Waals surface area contributed by atoms with Gasteiger partial charge in [-0.2, -0.15) is 10.1 Å². The van der Waals surface area contributed by atoms with Crippen LogP contribution in [0, 0.1) is 0 Å². The second-order valence-electron chi connectivity index (χ2n) is 5.70. The largest absolute Gasteiger partial charge is 0.504 e. The quantitative estimate of drug-likeness (QED) is 0.420. The van der Waals surface area contributed by atoms with Crippen LogP contribution in [0.4, 0.5) is 0 Å². The third kappa shape index (κ3) is 4.21. The monoisotopic (exact) mass is 375 g/mol. The molecule has 3 rings (SSSR count). The van der Waals surface area contributed by atoms with E-state index in [1.807, 2.05) is 0 Å². The SMILES string of the molecule is COc1cc(/C=N/N(C(=O)c2ccccc2)C(=O)c2ccncc2)ccc1O. The van der Waals surface area contributed by atoms with Crippen molar-refractivity contribution < 1.29 is 19.4 Å². The first kappa shape index (κ1) is 18.8. The smallest absolute Gasteiger partial charge is 0.281 e. The summed E-state index contributed by atoms with van der Waals surface area (Å²) >= 11 is 0. The van der Waals surface area contributed by atoms with E-state index in [2.05, 4.69) is 10.1 Å². The summed E-state index contributed by atoms with van der Waals surface area (Å²) < 4.78 is 5.06. The lowest BCUT2D eigenvalue weighted by Crippen LogP contribution is -2.32. The summed E-state index contributed by atoms with van der Waals surface area (Å²) in [5, 5.41) is 14.6. The van der Waals surface area contributed by atoms with E-state index in [9.17, 15) is 14.7 Å². The number of hydrogen-bond donors (Lipinski definition) is 1. The standard InChI is InChI=1S/C21H17N3O4/c1-28-19-13-15(7-8-18(19)25)14-23-24(20(26)16-5-3-2-4-6-16)21(27)17-9-11-22-12-10-17/h2-14,25H,1H3/b23-14+. The second kappa shape index (κ2) is 8.59. The van der Waals surface area contributed by atoms with Crippen LogP contribution in [0.15, 0.2) is 78.2 Å². The Hall–Kier alpha value is -4.00. The Balaban J connectivity index is 1.96. The number of hydrazone groups is 1. The van der Waals surface area contributed by atoms with Crippen molar-refractivity contribution in [1.29, 1.82) is 0 Å². The van der Waals surface area contributed by atoms with Gasteiger partial charge in [-0.3, -0.25) is 14.6 Å². The van der Waals surface area contributed by atoms with Crippen molar-refractivity contribution in [1.82, 2.24) is 9.99 Å². The van der Waals surface area contributed by atoms with Crippen molar-refractivity contribution in [2.75, 3.05) is 7.11 Å². The van der Waals surface area contributed by atoms with E-state index >= 15 is 0 Å². The van der Waals surface area contributed by atoms with Gasteiger partial charge in [-0.1, -0.05) is 18.2 Å². The summed E-state index contributed by atoms with van der Waals surface area (Å²) in [6.45, 7) is 0. The lowest BCUT2D eigenvalue weighted by molar-refractivity contribution is 0.0622. The van der Waals surface area contributed by atoms with Crippen LogP contribution in [0.25, 0.3) is 0 Å². The normalized spacial score (nSPS) is 10.6. The van der Waals surface area contributed by atoms with Crippen molar-refractivity contribution in [3.8, 4) is 11.5 Å².